The van der Waals surface area contributed by atoms with Gasteiger partial charge in [0.05, 0.1) is 5.02 Å². The summed E-state index contributed by atoms with van der Waals surface area (Å²) >= 11 is 11.8. The zero-order chi connectivity index (χ0) is 13.0. The number of nitrogens with zero attached hydrogens (tertiary/aromatic N) is 2. The topological polar surface area (TPSA) is 47.0 Å². The van der Waals surface area contributed by atoms with E-state index in [0.717, 1.165) is 6.54 Å². The number of benzene rings is 1. The fourth-order valence-corrected chi connectivity index (χ4v) is 1.76. The van der Waals surface area contributed by atoms with Gasteiger partial charge in [0.2, 0.25) is 11.8 Å². The normalized spacial score (nSPS) is 10.2. The number of anilines is 1. The average Bonchev–Trinajstić information content (AvgIpc) is 2.34. The first-order valence-corrected chi connectivity index (χ1v) is 6.14. The Morgan fingerprint density at radius 1 is 1.28 bits per heavy atom. The van der Waals surface area contributed by atoms with Gasteiger partial charge in [-0.3, -0.25) is 0 Å². The van der Waals surface area contributed by atoms with Gasteiger partial charge in [-0.2, -0.15) is 4.98 Å². The summed E-state index contributed by atoms with van der Waals surface area (Å²) in [4.78, 5) is 8.24. The molecule has 0 saturated heterocycles. The van der Waals surface area contributed by atoms with Crippen molar-refractivity contribution in [1.29, 1.82) is 0 Å². The van der Waals surface area contributed by atoms with E-state index in [1.807, 2.05) is 6.92 Å². The monoisotopic (exact) mass is 283 g/mol. The second-order valence-corrected chi connectivity index (χ2v) is 4.27. The summed E-state index contributed by atoms with van der Waals surface area (Å²) in [6.07, 6.45) is 1.62. The van der Waals surface area contributed by atoms with E-state index in [9.17, 15) is 0 Å². The minimum absolute atomic E-state index is 0.421. The number of ether oxygens (including phenoxy) is 1. The van der Waals surface area contributed by atoms with Crippen LogP contribution in [0.2, 0.25) is 10.0 Å². The zero-order valence-corrected chi connectivity index (χ0v) is 11.2. The maximum Gasteiger partial charge on any atom is 0.225 e. The van der Waals surface area contributed by atoms with Crippen molar-refractivity contribution in [2.75, 3.05) is 11.9 Å². The van der Waals surface area contributed by atoms with Gasteiger partial charge in [-0.05, 0) is 25.1 Å². The van der Waals surface area contributed by atoms with E-state index >= 15 is 0 Å². The van der Waals surface area contributed by atoms with Crippen LogP contribution in [0.1, 0.15) is 6.92 Å². The van der Waals surface area contributed by atoms with Crippen molar-refractivity contribution in [3.05, 3.63) is 40.5 Å². The molecule has 0 fully saturated rings. The van der Waals surface area contributed by atoms with Crippen molar-refractivity contribution >= 4 is 29.2 Å². The van der Waals surface area contributed by atoms with E-state index in [2.05, 4.69) is 15.3 Å². The quantitative estimate of drug-likeness (QED) is 0.921. The first-order valence-electron chi connectivity index (χ1n) is 5.39. The molecule has 94 valence electrons. The predicted octanol–water partition coefficient (Wildman–Crippen LogP) is 4.01. The second-order valence-electron chi connectivity index (χ2n) is 3.43. The van der Waals surface area contributed by atoms with Gasteiger partial charge in [0.25, 0.3) is 0 Å². The van der Waals surface area contributed by atoms with Crippen LogP contribution in [-0.2, 0) is 0 Å². The van der Waals surface area contributed by atoms with Gasteiger partial charge in [0, 0.05) is 23.8 Å². The van der Waals surface area contributed by atoms with Crippen molar-refractivity contribution < 1.29 is 4.74 Å². The Bertz CT molecular complexity index is 549. The molecule has 1 aromatic heterocycles. The van der Waals surface area contributed by atoms with E-state index in [4.69, 9.17) is 27.9 Å². The van der Waals surface area contributed by atoms with E-state index in [1.165, 1.54) is 0 Å². The Morgan fingerprint density at radius 3 is 2.83 bits per heavy atom. The van der Waals surface area contributed by atoms with Gasteiger partial charge in [0.15, 0.2) is 0 Å². The Kier molecular flexibility index (Phi) is 4.23. The molecular formula is C12H11Cl2N3O. The fraction of sp³-hybridized carbons (Fsp3) is 0.167. The molecule has 0 spiro atoms. The third-order valence-electron chi connectivity index (χ3n) is 2.07. The van der Waals surface area contributed by atoms with Crippen molar-refractivity contribution in [2.24, 2.45) is 0 Å². The molecule has 18 heavy (non-hydrogen) atoms. The highest BCUT2D eigenvalue weighted by atomic mass is 35.5. The molecule has 2 rings (SSSR count). The Labute approximate surface area is 115 Å². The molecule has 4 nitrogen and oxygen atoms in total. The third kappa shape index (κ3) is 3.24. The molecular weight excluding hydrogens is 273 g/mol. The molecule has 0 aliphatic rings. The van der Waals surface area contributed by atoms with Crippen LogP contribution in [0.15, 0.2) is 30.5 Å². The van der Waals surface area contributed by atoms with E-state index in [-0.39, 0.29) is 0 Å². The lowest BCUT2D eigenvalue weighted by atomic mass is 10.3. The number of halogens is 2. The highest BCUT2D eigenvalue weighted by molar-refractivity contribution is 6.35. The van der Waals surface area contributed by atoms with Crippen molar-refractivity contribution in [1.82, 2.24) is 9.97 Å². The van der Waals surface area contributed by atoms with Crippen LogP contribution in [0.4, 0.5) is 5.95 Å². The second kappa shape index (κ2) is 5.89. The SMILES string of the molecule is CCNc1nccc(Oc2ccc(Cl)cc2Cl)n1. The van der Waals surface area contributed by atoms with Crippen LogP contribution < -0.4 is 10.1 Å². The van der Waals surface area contributed by atoms with Gasteiger partial charge < -0.3 is 10.1 Å². The zero-order valence-electron chi connectivity index (χ0n) is 9.65. The molecule has 1 aromatic carbocycles. The summed E-state index contributed by atoms with van der Waals surface area (Å²) in [7, 11) is 0. The molecule has 0 radical (unpaired) electrons. The van der Waals surface area contributed by atoms with Crippen molar-refractivity contribution in [3.63, 3.8) is 0 Å². The minimum Gasteiger partial charge on any atom is -0.437 e. The number of nitrogens with one attached hydrogen (secondary N) is 1. The maximum absolute atomic E-state index is 6.01. The van der Waals surface area contributed by atoms with Gasteiger partial charge in [0.1, 0.15) is 5.75 Å². The van der Waals surface area contributed by atoms with Crippen molar-refractivity contribution in [2.45, 2.75) is 6.92 Å². The lowest BCUT2D eigenvalue weighted by Crippen LogP contribution is -2.02. The van der Waals surface area contributed by atoms with Crippen LogP contribution in [0.25, 0.3) is 0 Å². The van der Waals surface area contributed by atoms with Gasteiger partial charge in [-0.25, -0.2) is 4.98 Å². The molecule has 0 aliphatic heterocycles. The lowest BCUT2D eigenvalue weighted by molar-refractivity contribution is 0.462. The molecule has 0 saturated carbocycles. The van der Waals surface area contributed by atoms with E-state index in [1.54, 1.807) is 30.5 Å². The number of hydrogen-bond donors (Lipinski definition) is 1. The summed E-state index contributed by atoms with van der Waals surface area (Å²) in [6.45, 7) is 2.71. The van der Waals surface area contributed by atoms with Crippen LogP contribution in [0.5, 0.6) is 11.6 Å². The minimum atomic E-state index is 0.421. The number of hydrogen-bond acceptors (Lipinski definition) is 4. The van der Waals surface area contributed by atoms with Gasteiger partial charge >= 0.3 is 0 Å². The first kappa shape index (κ1) is 12.9. The molecule has 0 bridgehead atoms. The predicted molar refractivity (Wildman–Crippen MR) is 72.7 cm³/mol. The molecule has 2 aromatic rings. The maximum atomic E-state index is 6.01. The third-order valence-corrected chi connectivity index (χ3v) is 2.60. The van der Waals surface area contributed by atoms with Crippen LogP contribution in [0, 0.1) is 0 Å². The highest BCUT2D eigenvalue weighted by Crippen LogP contribution is 2.30. The van der Waals surface area contributed by atoms with E-state index in [0.29, 0.717) is 27.6 Å². The molecule has 0 amide bonds. The van der Waals surface area contributed by atoms with Crippen molar-refractivity contribution in [3.8, 4) is 11.6 Å². The Balaban J connectivity index is 2.20. The smallest absolute Gasteiger partial charge is 0.225 e. The van der Waals surface area contributed by atoms with Crippen LogP contribution in [-0.4, -0.2) is 16.5 Å². The lowest BCUT2D eigenvalue weighted by Gasteiger charge is -2.08. The number of aromatic nitrogens is 2. The standard InChI is InChI=1S/C12H11Cl2N3O/c1-2-15-12-16-6-5-11(17-12)18-10-4-3-8(13)7-9(10)14/h3-7H,2H2,1H3,(H,15,16,17). The summed E-state index contributed by atoms with van der Waals surface area (Å²) < 4.78 is 5.57. The molecule has 1 N–H and O–H groups in total. The van der Waals surface area contributed by atoms with Crippen LogP contribution in [0.3, 0.4) is 0 Å². The number of rotatable bonds is 4. The summed E-state index contributed by atoms with van der Waals surface area (Å²) in [6, 6.07) is 6.67. The Hall–Kier alpha value is -1.52. The summed E-state index contributed by atoms with van der Waals surface area (Å²) in [5.74, 6) is 1.44. The first-order chi connectivity index (χ1) is 8.69. The molecule has 0 atom stereocenters. The van der Waals surface area contributed by atoms with Gasteiger partial charge in [-0.1, -0.05) is 23.2 Å². The van der Waals surface area contributed by atoms with Gasteiger partial charge in [-0.15, -0.1) is 0 Å². The molecule has 1 heterocycles. The largest absolute Gasteiger partial charge is 0.437 e. The van der Waals surface area contributed by atoms with E-state index < -0.39 is 0 Å². The molecule has 0 unspecified atom stereocenters. The molecule has 6 heteroatoms. The fourth-order valence-electron chi connectivity index (χ4n) is 1.31. The summed E-state index contributed by atoms with van der Waals surface area (Å²) in [5.41, 5.74) is 0. The van der Waals surface area contributed by atoms with Crippen LogP contribution >= 0.6 is 23.2 Å². The highest BCUT2D eigenvalue weighted by Gasteiger charge is 2.05. The molecule has 0 aliphatic carbocycles. The average molecular weight is 284 g/mol. The Morgan fingerprint density at radius 2 is 2.11 bits per heavy atom. The summed E-state index contributed by atoms with van der Waals surface area (Å²) in [5, 5.41) is 4.00.